The number of benzene rings is 2. The van der Waals surface area contributed by atoms with Gasteiger partial charge in [0.15, 0.2) is 6.10 Å². The number of carbonyl (C=O) groups is 2. The van der Waals surface area contributed by atoms with Crippen molar-refractivity contribution in [3.63, 3.8) is 0 Å². The zero-order valence-electron chi connectivity index (χ0n) is 16.1. The van der Waals surface area contributed by atoms with Gasteiger partial charge in [-0.3, -0.25) is 9.59 Å². The Morgan fingerprint density at radius 2 is 1.90 bits per heavy atom. The van der Waals surface area contributed by atoms with Gasteiger partial charge >= 0.3 is 5.97 Å². The molecular formula is C22H21FN2O3S. The fraction of sp³-hybridized carbons (Fsp3) is 0.227. The van der Waals surface area contributed by atoms with Gasteiger partial charge in [-0.2, -0.15) is 0 Å². The van der Waals surface area contributed by atoms with E-state index in [0.29, 0.717) is 16.3 Å². The Balaban J connectivity index is 1.53. The Labute approximate surface area is 172 Å². The number of carbonyl (C=O) groups excluding carboxylic acids is 2. The minimum absolute atomic E-state index is 0.0579. The minimum Gasteiger partial charge on any atom is -0.452 e. The van der Waals surface area contributed by atoms with Crippen molar-refractivity contribution in [3.05, 3.63) is 77.1 Å². The third-order valence-corrected chi connectivity index (χ3v) is 5.22. The predicted molar refractivity (Wildman–Crippen MR) is 110 cm³/mol. The van der Waals surface area contributed by atoms with E-state index in [9.17, 15) is 14.0 Å². The molecule has 3 rings (SSSR count). The molecule has 1 heterocycles. The maximum absolute atomic E-state index is 13.4. The largest absolute Gasteiger partial charge is 0.452 e. The lowest BCUT2D eigenvalue weighted by Gasteiger charge is -2.18. The third kappa shape index (κ3) is 5.71. The number of hydrogen-bond acceptors (Lipinski definition) is 5. The van der Waals surface area contributed by atoms with Gasteiger partial charge in [0.1, 0.15) is 10.8 Å². The van der Waals surface area contributed by atoms with Crippen LogP contribution >= 0.6 is 11.3 Å². The molecular weight excluding hydrogens is 391 g/mol. The van der Waals surface area contributed by atoms with Crippen LogP contribution in [0.25, 0.3) is 10.6 Å². The number of hydrogen-bond donors (Lipinski definition) is 1. The van der Waals surface area contributed by atoms with E-state index in [0.717, 1.165) is 5.56 Å². The molecule has 0 fully saturated rings. The van der Waals surface area contributed by atoms with Crippen molar-refractivity contribution in [2.45, 2.75) is 32.4 Å². The first-order valence-corrected chi connectivity index (χ1v) is 10.1. The minimum atomic E-state index is -0.921. The summed E-state index contributed by atoms with van der Waals surface area (Å²) in [6.45, 7) is 3.40. The topological polar surface area (TPSA) is 68.3 Å². The van der Waals surface area contributed by atoms with Crippen LogP contribution in [-0.2, 0) is 20.7 Å². The van der Waals surface area contributed by atoms with Crippen LogP contribution in [0.4, 0.5) is 4.39 Å². The lowest BCUT2D eigenvalue weighted by atomic mass is 10.1. The van der Waals surface area contributed by atoms with Crippen LogP contribution in [0.15, 0.2) is 60.0 Å². The molecule has 7 heteroatoms. The number of rotatable bonds is 7. The van der Waals surface area contributed by atoms with Crippen LogP contribution in [0.3, 0.4) is 0 Å². The molecule has 0 radical (unpaired) electrons. The highest BCUT2D eigenvalue weighted by Gasteiger charge is 2.21. The van der Waals surface area contributed by atoms with Crippen molar-refractivity contribution in [2.75, 3.05) is 0 Å². The Hall–Kier alpha value is -3.06. The number of ether oxygens (including phenoxy) is 1. The molecule has 0 aliphatic rings. The second kappa shape index (κ2) is 9.43. The molecule has 2 atom stereocenters. The molecule has 3 aromatic rings. The fourth-order valence-corrected chi connectivity index (χ4v) is 3.56. The highest BCUT2D eigenvalue weighted by Crippen LogP contribution is 2.24. The van der Waals surface area contributed by atoms with E-state index in [1.54, 1.807) is 17.5 Å². The van der Waals surface area contributed by atoms with E-state index >= 15 is 0 Å². The van der Waals surface area contributed by atoms with Gasteiger partial charge in [-0.05, 0) is 31.5 Å². The van der Waals surface area contributed by atoms with Gasteiger partial charge in [0.05, 0.1) is 18.2 Å². The first kappa shape index (κ1) is 20.7. The van der Waals surface area contributed by atoms with Gasteiger partial charge in [-0.1, -0.05) is 42.5 Å². The number of halogens is 1. The number of esters is 1. The highest BCUT2D eigenvalue weighted by atomic mass is 32.1. The van der Waals surface area contributed by atoms with Crippen molar-refractivity contribution in [3.8, 4) is 10.6 Å². The molecule has 0 saturated heterocycles. The summed E-state index contributed by atoms with van der Waals surface area (Å²) >= 11 is 1.32. The van der Waals surface area contributed by atoms with Crippen molar-refractivity contribution in [1.29, 1.82) is 0 Å². The van der Waals surface area contributed by atoms with Crippen LogP contribution in [0.2, 0.25) is 0 Å². The van der Waals surface area contributed by atoms with E-state index in [1.165, 1.54) is 30.4 Å². The molecule has 29 heavy (non-hydrogen) atoms. The normalized spacial score (nSPS) is 12.8. The molecule has 0 spiro atoms. The molecule has 0 aliphatic heterocycles. The summed E-state index contributed by atoms with van der Waals surface area (Å²) in [7, 11) is 0. The molecule has 1 N–H and O–H groups in total. The number of nitrogens with one attached hydrogen (secondary N) is 1. The van der Waals surface area contributed by atoms with Gasteiger partial charge in [0.2, 0.25) is 0 Å². The quantitative estimate of drug-likeness (QED) is 0.588. The lowest BCUT2D eigenvalue weighted by Crippen LogP contribution is -2.37. The molecule has 0 bridgehead atoms. The van der Waals surface area contributed by atoms with Crippen LogP contribution < -0.4 is 5.32 Å². The number of amides is 1. The highest BCUT2D eigenvalue weighted by molar-refractivity contribution is 7.13. The van der Waals surface area contributed by atoms with Crippen molar-refractivity contribution in [2.24, 2.45) is 0 Å². The SMILES string of the molecule is CC(OC(=O)Cc1csc(-c2cccc(F)c2)n1)C(=O)NC(C)c1ccccc1. The first-order valence-electron chi connectivity index (χ1n) is 9.17. The van der Waals surface area contributed by atoms with Gasteiger partial charge in [0.25, 0.3) is 5.91 Å². The van der Waals surface area contributed by atoms with E-state index in [2.05, 4.69) is 10.3 Å². The molecule has 0 aliphatic carbocycles. The Bertz CT molecular complexity index is 990. The zero-order chi connectivity index (χ0) is 20.8. The van der Waals surface area contributed by atoms with E-state index < -0.39 is 12.1 Å². The van der Waals surface area contributed by atoms with Crippen LogP contribution in [0.1, 0.15) is 31.1 Å². The van der Waals surface area contributed by atoms with Crippen molar-refractivity contribution in [1.82, 2.24) is 10.3 Å². The van der Waals surface area contributed by atoms with Crippen molar-refractivity contribution < 1.29 is 18.7 Å². The molecule has 1 amide bonds. The second-order valence-electron chi connectivity index (χ2n) is 6.60. The maximum atomic E-state index is 13.4. The van der Waals surface area contributed by atoms with Crippen LogP contribution in [0, 0.1) is 5.82 Å². The number of thiazole rings is 1. The predicted octanol–water partition coefficient (Wildman–Crippen LogP) is 4.30. The molecule has 0 saturated carbocycles. The van der Waals surface area contributed by atoms with Crippen LogP contribution in [-0.4, -0.2) is 23.0 Å². The molecule has 1 aromatic heterocycles. The molecule has 150 valence electrons. The van der Waals surface area contributed by atoms with E-state index in [1.807, 2.05) is 37.3 Å². The zero-order valence-corrected chi connectivity index (χ0v) is 16.9. The second-order valence-corrected chi connectivity index (χ2v) is 7.46. The Kier molecular flexibility index (Phi) is 6.72. The van der Waals surface area contributed by atoms with Gasteiger partial charge in [-0.25, -0.2) is 9.37 Å². The maximum Gasteiger partial charge on any atom is 0.312 e. The first-order chi connectivity index (χ1) is 13.9. The summed E-state index contributed by atoms with van der Waals surface area (Å²) in [6.07, 6.45) is -0.979. The third-order valence-electron chi connectivity index (χ3n) is 4.28. The lowest BCUT2D eigenvalue weighted by molar-refractivity contribution is -0.154. The van der Waals surface area contributed by atoms with Crippen LogP contribution in [0.5, 0.6) is 0 Å². The summed E-state index contributed by atoms with van der Waals surface area (Å²) in [4.78, 5) is 28.8. The fourth-order valence-electron chi connectivity index (χ4n) is 2.74. The van der Waals surface area contributed by atoms with Gasteiger partial charge in [0, 0.05) is 10.9 Å². The number of nitrogens with zero attached hydrogens (tertiary/aromatic N) is 1. The van der Waals surface area contributed by atoms with Crippen molar-refractivity contribution >= 4 is 23.2 Å². The average Bonchev–Trinajstić information content (AvgIpc) is 3.16. The summed E-state index contributed by atoms with van der Waals surface area (Å²) in [5, 5.41) is 5.18. The van der Waals surface area contributed by atoms with E-state index in [-0.39, 0.29) is 24.2 Å². The summed E-state index contributed by atoms with van der Waals surface area (Å²) < 4.78 is 18.6. The summed E-state index contributed by atoms with van der Waals surface area (Å²) in [6, 6.07) is 15.4. The summed E-state index contributed by atoms with van der Waals surface area (Å²) in [5.41, 5.74) is 2.13. The van der Waals surface area contributed by atoms with Gasteiger partial charge < -0.3 is 10.1 Å². The molecule has 2 aromatic carbocycles. The monoisotopic (exact) mass is 412 g/mol. The Morgan fingerprint density at radius 3 is 2.62 bits per heavy atom. The van der Waals surface area contributed by atoms with Gasteiger partial charge in [-0.15, -0.1) is 11.3 Å². The standard InChI is InChI=1S/C22H21FN2O3S/c1-14(16-7-4-3-5-8-16)24-21(27)15(2)28-20(26)12-19-13-29-22(25-19)17-9-6-10-18(23)11-17/h3-11,13-15H,12H2,1-2H3,(H,24,27). The smallest absolute Gasteiger partial charge is 0.312 e. The molecule has 5 nitrogen and oxygen atoms in total. The summed E-state index contributed by atoms with van der Waals surface area (Å²) in [5.74, 6) is -1.26. The van der Waals surface area contributed by atoms with E-state index in [4.69, 9.17) is 4.74 Å². The number of aromatic nitrogens is 1. The average molecular weight is 412 g/mol. The molecule has 2 unspecified atom stereocenters. The Morgan fingerprint density at radius 1 is 1.14 bits per heavy atom.